The van der Waals surface area contributed by atoms with Gasteiger partial charge in [-0.05, 0) is 0 Å². The maximum Gasteiger partial charge on any atom is 0.269 e. The third-order valence-corrected chi connectivity index (χ3v) is 5.26. The van der Waals surface area contributed by atoms with Gasteiger partial charge >= 0.3 is 0 Å². The topological polar surface area (TPSA) is 164 Å². The molecule has 0 radical (unpaired) electrons. The summed E-state index contributed by atoms with van der Waals surface area (Å²) < 4.78 is 23.2. The van der Waals surface area contributed by atoms with Crippen LogP contribution in [0.3, 0.4) is 0 Å². The summed E-state index contributed by atoms with van der Waals surface area (Å²) in [5.74, 6) is 0. The molecule has 2 unspecified atom stereocenters. The van der Waals surface area contributed by atoms with Crippen molar-refractivity contribution in [3.63, 3.8) is 0 Å². The molecule has 2 aromatic carbocycles. The second kappa shape index (κ2) is 9.24. The monoisotopic (exact) mass is 448 g/mol. The Hall–Kier alpha value is -3.00. The van der Waals surface area contributed by atoms with Crippen LogP contribution in [-0.2, 0) is 18.9 Å². The van der Waals surface area contributed by atoms with Crippen molar-refractivity contribution in [3.05, 3.63) is 79.9 Å². The SMILES string of the molecule is O=[N+]([O-])c1cccc(C2OC[C@H]3OC(c4cccc([N+](=O)[O-])c4)O[C@@H](CO)[C@H](O)[C@H]3O2)c1. The number of rotatable bonds is 5. The molecule has 2 aliphatic heterocycles. The van der Waals surface area contributed by atoms with E-state index in [2.05, 4.69) is 0 Å². The van der Waals surface area contributed by atoms with Gasteiger partial charge in [0, 0.05) is 35.4 Å². The number of aliphatic hydroxyl groups excluding tert-OH is 2. The summed E-state index contributed by atoms with van der Waals surface area (Å²) in [4.78, 5) is 21.1. The second-order valence-corrected chi connectivity index (χ2v) is 7.32. The zero-order valence-corrected chi connectivity index (χ0v) is 16.6. The molecule has 0 amide bonds. The Balaban J connectivity index is 1.58. The molecular weight excluding hydrogens is 428 g/mol. The van der Waals surface area contributed by atoms with Crippen molar-refractivity contribution in [2.45, 2.75) is 37.0 Å². The largest absolute Gasteiger partial charge is 0.394 e. The minimum absolute atomic E-state index is 0.0536. The molecule has 2 saturated heterocycles. The van der Waals surface area contributed by atoms with E-state index in [4.69, 9.17) is 18.9 Å². The highest BCUT2D eigenvalue weighted by Gasteiger charge is 2.46. The first-order valence-corrected chi connectivity index (χ1v) is 9.73. The van der Waals surface area contributed by atoms with Crippen molar-refractivity contribution in [2.75, 3.05) is 13.2 Å². The maximum absolute atomic E-state index is 11.1. The van der Waals surface area contributed by atoms with Crippen LogP contribution < -0.4 is 0 Å². The third-order valence-electron chi connectivity index (χ3n) is 5.26. The Morgan fingerprint density at radius 1 is 0.906 bits per heavy atom. The normalized spacial score (nSPS) is 30.2. The quantitative estimate of drug-likeness (QED) is 0.509. The second-order valence-electron chi connectivity index (χ2n) is 7.32. The number of nitro benzene ring substituents is 2. The molecule has 0 bridgehead atoms. The van der Waals surface area contributed by atoms with Crippen LogP contribution in [0, 0.1) is 20.2 Å². The molecule has 0 aliphatic carbocycles. The van der Waals surface area contributed by atoms with Crippen LogP contribution in [0.15, 0.2) is 48.5 Å². The number of hydrogen-bond donors (Lipinski definition) is 2. The number of aliphatic hydroxyl groups is 2. The molecule has 2 aliphatic rings. The van der Waals surface area contributed by atoms with Crippen LogP contribution in [-0.4, -0.2) is 57.7 Å². The Labute approximate surface area is 181 Å². The van der Waals surface area contributed by atoms with Crippen LogP contribution >= 0.6 is 0 Å². The minimum atomic E-state index is -1.32. The fourth-order valence-electron chi connectivity index (χ4n) is 3.66. The predicted octanol–water partition coefficient (Wildman–Crippen LogP) is 1.75. The molecule has 2 fully saturated rings. The van der Waals surface area contributed by atoms with Gasteiger partial charge in [-0.3, -0.25) is 20.2 Å². The molecule has 2 heterocycles. The highest BCUT2D eigenvalue weighted by molar-refractivity contribution is 5.36. The molecular formula is C20H20N2O10. The lowest BCUT2D eigenvalue weighted by Crippen LogP contribution is -2.51. The molecule has 4 rings (SSSR count). The summed E-state index contributed by atoms with van der Waals surface area (Å²) in [6.45, 7) is -0.618. The zero-order chi connectivity index (χ0) is 22.8. The number of fused-ring (bicyclic) bond motifs is 1. The fraction of sp³-hybridized carbons (Fsp3) is 0.400. The van der Waals surface area contributed by atoms with Crippen LogP contribution in [0.2, 0.25) is 0 Å². The van der Waals surface area contributed by atoms with Crippen molar-refractivity contribution < 1.29 is 39.0 Å². The molecule has 0 saturated carbocycles. The number of hydrogen-bond acceptors (Lipinski definition) is 10. The maximum atomic E-state index is 11.1. The van der Waals surface area contributed by atoms with Gasteiger partial charge in [-0.1, -0.05) is 24.3 Å². The molecule has 0 spiro atoms. The molecule has 2 N–H and O–H groups in total. The summed E-state index contributed by atoms with van der Waals surface area (Å²) in [6.07, 6.45) is -6.40. The van der Waals surface area contributed by atoms with Gasteiger partial charge in [0.05, 0.1) is 23.1 Å². The first kappa shape index (κ1) is 22.2. The van der Waals surface area contributed by atoms with Gasteiger partial charge in [0.15, 0.2) is 12.6 Å². The van der Waals surface area contributed by atoms with Crippen molar-refractivity contribution in [2.24, 2.45) is 0 Å². The molecule has 2 aromatic rings. The van der Waals surface area contributed by atoms with Gasteiger partial charge < -0.3 is 29.2 Å². The summed E-state index contributed by atoms with van der Waals surface area (Å²) in [5, 5.41) is 42.7. The van der Waals surface area contributed by atoms with E-state index in [9.17, 15) is 30.4 Å². The standard InChI is InChI=1S/C20H20N2O10/c23-9-15-17(24)18-16(31-20(30-15)12-4-2-6-14(8-12)22(27)28)10-29-19(32-18)11-3-1-5-13(7-11)21(25)26/h1-8,15-20,23-24H,9-10H2/t15-,16+,17-,18-,19?,20?/m0/s1. The van der Waals surface area contributed by atoms with Gasteiger partial charge in [-0.2, -0.15) is 0 Å². The summed E-state index contributed by atoms with van der Waals surface area (Å²) in [6, 6.07) is 11.4. The van der Waals surface area contributed by atoms with Crippen molar-refractivity contribution in [1.82, 2.24) is 0 Å². The van der Waals surface area contributed by atoms with E-state index in [1.807, 2.05) is 0 Å². The third kappa shape index (κ3) is 4.46. The number of ether oxygens (including phenoxy) is 4. The summed E-state index contributed by atoms with van der Waals surface area (Å²) in [5.41, 5.74) is 0.396. The van der Waals surface area contributed by atoms with E-state index in [0.29, 0.717) is 11.1 Å². The van der Waals surface area contributed by atoms with Crippen LogP contribution in [0.1, 0.15) is 23.7 Å². The van der Waals surface area contributed by atoms with Crippen LogP contribution in [0.5, 0.6) is 0 Å². The Morgan fingerprint density at radius 2 is 1.50 bits per heavy atom. The minimum Gasteiger partial charge on any atom is -0.394 e. The van der Waals surface area contributed by atoms with Gasteiger partial charge in [0.25, 0.3) is 11.4 Å². The van der Waals surface area contributed by atoms with Crippen molar-refractivity contribution in [3.8, 4) is 0 Å². The predicted molar refractivity (Wildman–Crippen MR) is 105 cm³/mol. The Bertz CT molecular complexity index is 1000. The van der Waals surface area contributed by atoms with E-state index in [-0.39, 0.29) is 18.0 Å². The highest BCUT2D eigenvalue weighted by Crippen LogP contribution is 2.37. The lowest BCUT2D eigenvalue weighted by Gasteiger charge is -2.37. The summed E-state index contributed by atoms with van der Waals surface area (Å²) in [7, 11) is 0. The lowest BCUT2D eigenvalue weighted by atomic mass is 10.0. The lowest BCUT2D eigenvalue weighted by molar-refractivity contribution is -0.385. The van der Waals surface area contributed by atoms with E-state index < -0.39 is 53.4 Å². The first-order chi connectivity index (χ1) is 15.4. The van der Waals surface area contributed by atoms with Crippen molar-refractivity contribution in [1.29, 1.82) is 0 Å². The average Bonchev–Trinajstić information content (AvgIpc) is 2.95. The molecule has 0 aromatic heterocycles. The molecule has 12 nitrogen and oxygen atoms in total. The molecule has 170 valence electrons. The van der Waals surface area contributed by atoms with Crippen molar-refractivity contribution >= 4 is 11.4 Å². The fourth-order valence-corrected chi connectivity index (χ4v) is 3.66. The number of nitrogens with zero attached hydrogens (tertiary/aromatic N) is 2. The van der Waals surface area contributed by atoms with Gasteiger partial charge in [-0.25, -0.2) is 0 Å². The summed E-state index contributed by atoms with van der Waals surface area (Å²) >= 11 is 0. The molecule has 12 heteroatoms. The number of nitro groups is 2. The Kier molecular flexibility index (Phi) is 6.41. The van der Waals surface area contributed by atoms with Gasteiger partial charge in [0.1, 0.15) is 24.4 Å². The number of non-ortho nitro benzene ring substituents is 2. The van der Waals surface area contributed by atoms with Gasteiger partial charge in [0.2, 0.25) is 0 Å². The van der Waals surface area contributed by atoms with Crippen LogP contribution in [0.4, 0.5) is 11.4 Å². The molecule has 32 heavy (non-hydrogen) atoms. The Morgan fingerprint density at radius 3 is 2.06 bits per heavy atom. The highest BCUT2D eigenvalue weighted by atomic mass is 16.8. The van der Waals surface area contributed by atoms with Gasteiger partial charge in [-0.15, -0.1) is 0 Å². The van der Waals surface area contributed by atoms with Crippen LogP contribution in [0.25, 0.3) is 0 Å². The van der Waals surface area contributed by atoms with E-state index in [1.54, 1.807) is 12.1 Å². The first-order valence-electron chi connectivity index (χ1n) is 9.73. The van der Waals surface area contributed by atoms with E-state index >= 15 is 0 Å². The molecule has 6 atom stereocenters. The van der Waals surface area contributed by atoms with E-state index in [0.717, 1.165) is 0 Å². The van der Waals surface area contributed by atoms with E-state index in [1.165, 1.54) is 36.4 Å². The number of benzene rings is 2. The smallest absolute Gasteiger partial charge is 0.269 e. The average molecular weight is 448 g/mol. The zero-order valence-electron chi connectivity index (χ0n) is 16.6.